The molecule has 0 spiro atoms. The lowest BCUT2D eigenvalue weighted by atomic mass is 10.2. The Bertz CT molecular complexity index is 1390. The number of aryl methyl sites for hydroxylation is 4. The van der Waals surface area contributed by atoms with Crippen LogP contribution in [-0.4, -0.2) is 35.6 Å². The molecule has 0 aliphatic carbocycles. The lowest BCUT2D eigenvalue weighted by Crippen LogP contribution is -2.40. The number of hydrogen-bond donors (Lipinski definition) is 0. The molecule has 0 fully saturated rings. The van der Waals surface area contributed by atoms with E-state index in [0.717, 1.165) is 35.5 Å². The second-order valence-electron chi connectivity index (χ2n) is 8.01. The van der Waals surface area contributed by atoms with Crippen molar-refractivity contribution in [3.8, 4) is 11.7 Å². The summed E-state index contributed by atoms with van der Waals surface area (Å²) >= 11 is 0. The highest BCUT2D eigenvalue weighted by Crippen LogP contribution is 2.18. The van der Waals surface area contributed by atoms with E-state index in [2.05, 4.69) is 12.0 Å². The van der Waals surface area contributed by atoms with E-state index in [0.29, 0.717) is 23.7 Å². The van der Waals surface area contributed by atoms with E-state index in [1.165, 1.54) is 9.13 Å². The van der Waals surface area contributed by atoms with Crippen LogP contribution in [0, 0.1) is 13.8 Å². The maximum absolute atomic E-state index is 13.6. The first-order valence-corrected chi connectivity index (χ1v) is 10.7. The van der Waals surface area contributed by atoms with Crippen LogP contribution in [0.15, 0.2) is 39.9 Å². The fourth-order valence-corrected chi connectivity index (χ4v) is 3.93. The van der Waals surface area contributed by atoms with Crippen LogP contribution in [0.2, 0.25) is 0 Å². The summed E-state index contributed by atoms with van der Waals surface area (Å²) < 4.78 is 11.5. The Balaban J connectivity index is 1.95. The van der Waals surface area contributed by atoms with Gasteiger partial charge in [0.15, 0.2) is 11.2 Å². The van der Waals surface area contributed by atoms with Crippen LogP contribution in [0.3, 0.4) is 0 Å². The number of benzene rings is 1. The molecular formula is C23H28N6O3. The smallest absolute Gasteiger partial charge is 0.332 e. The highest BCUT2D eigenvalue weighted by Gasteiger charge is 2.22. The van der Waals surface area contributed by atoms with Crippen LogP contribution < -0.4 is 16.0 Å². The van der Waals surface area contributed by atoms with E-state index in [1.54, 1.807) is 18.8 Å². The third kappa shape index (κ3) is 3.63. The number of fused-ring (bicyclic) bond motifs is 1. The molecule has 168 valence electrons. The lowest BCUT2D eigenvalue weighted by Gasteiger charge is -2.11. The summed E-state index contributed by atoms with van der Waals surface area (Å²) in [6.45, 7) is 6.74. The van der Waals surface area contributed by atoms with Gasteiger partial charge in [0.2, 0.25) is 5.95 Å². The van der Waals surface area contributed by atoms with E-state index < -0.39 is 5.69 Å². The zero-order chi connectivity index (χ0) is 23.0. The fraction of sp³-hybridized carbons (Fsp3) is 0.391. The van der Waals surface area contributed by atoms with Crippen molar-refractivity contribution in [1.29, 1.82) is 0 Å². The van der Waals surface area contributed by atoms with E-state index in [4.69, 9.17) is 9.72 Å². The Hall–Kier alpha value is -3.62. The molecule has 3 aromatic heterocycles. The van der Waals surface area contributed by atoms with Crippen molar-refractivity contribution in [1.82, 2.24) is 28.5 Å². The standard InChI is InChI=1S/C23H28N6O3/c1-6-7-12-27-19-20(24-22(27)29-16(3)13-15(2)25-29)26(4)23(31)28(21(19)30)14-17-8-10-18(32-5)11-9-17/h8-11,13H,6-7,12,14H2,1-5H3. The van der Waals surface area contributed by atoms with Gasteiger partial charge in [0.05, 0.1) is 19.3 Å². The Morgan fingerprint density at radius 2 is 1.78 bits per heavy atom. The van der Waals surface area contributed by atoms with Crippen LogP contribution >= 0.6 is 0 Å². The van der Waals surface area contributed by atoms with Crippen molar-refractivity contribution in [3.63, 3.8) is 0 Å². The van der Waals surface area contributed by atoms with E-state index in [9.17, 15) is 9.59 Å². The number of unbranched alkanes of at least 4 members (excludes halogenated alkanes) is 1. The molecule has 9 nitrogen and oxygen atoms in total. The van der Waals surface area contributed by atoms with Gasteiger partial charge in [-0.25, -0.2) is 9.48 Å². The second kappa shape index (κ2) is 8.49. The highest BCUT2D eigenvalue weighted by atomic mass is 16.5. The van der Waals surface area contributed by atoms with Crippen molar-refractivity contribution in [2.45, 2.75) is 46.7 Å². The molecule has 1 aromatic carbocycles. The van der Waals surface area contributed by atoms with Gasteiger partial charge in [-0.05, 0) is 44.0 Å². The Kier molecular flexibility index (Phi) is 5.73. The van der Waals surface area contributed by atoms with Crippen molar-refractivity contribution in [2.24, 2.45) is 7.05 Å². The monoisotopic (exact) mass is 436 g/mol. The Morgan fingerprint density at radius 3 is 2.38 bits per heavy atom. The minimum Gasteiger partial charge on any atom is -0.497 e. The summed E-state index contributed by atoms with van der Waals surface area (Å²) in [5.41, 5.74) is 2.64. The molecule has 4 aromatic rings. The number of hydrogen-bond acceptors (Lipinski definition) is 5. The first kappa shape index (κ1) is 21.6. The van der Waals surface area contributed by atoms with Gasteiger partial charge in [-0.3, -0.25) is 13.9 Å². The highest BCUT2D eigenvalue weighted by molar-refractivity contribution is 5.72. The summed E-state index contributed by atoms with van der Waals surface area (Å²) in [7, 11) is 3.25. The summed E-state index contributed by atoms with van der Waals surface area (Å²) in [5, 5.41) is 4.56. The quantitative estimate of drug-likeness (QED) is 0.444. The van der Waals surface area contributed by atoms with Gasteiger partial charge in [-0.1, -0.05) is 25.5 Å². The predicted molar refractivity (Wildman–Crippen MR) is 123 cm³/mol. The molecule has 0 unspecified atom stereocenters. The minimum absolute atomic E-state index is 0.166. The second-order valence-corrected chi connectivity index (χ2v) is 8.01. The average molecular weight is 437 g/mol. The number of imidazole rings is 1. The van der Waals surface area contributed by atoms with Crippen molar-refractivity contribution in [2.75, 3.05) is 7.11 Å². The largest absolute Gasteiger partial charge is 0.497 e. The van der Waals surface area contributed by atoms with E-state index in [1.807, 2.05) is 48.7 Å². The van der Waals surface area contributed by atoms with Gasteiger partial charge in [-0.2, -0.15) is 10.1 Å². The summed E-state index contributed by atoms with van der Waals surface area (Å²) in [6, 6.07) is 9.30. The maximum atomic E-state index is 13.6. The first-order chi connectivity index (χ1) is 15.3. The minimum atomic E-state index is -0.404. The summed E-state index contributed by atoms with van der Waals surface area (Å²) in [5.74, 6) is 1.27. The predicted octanol–water partition coefficient (Wildman–Crippen LogP) is 2.56. The topological polar surface area (TPSA) is 88.9 Å². The van der Waals surface area contributed by atoms with Gasteiger partial charge in [-0.15, -0.1) is 0 Å². The van der Waals surface area contributed by atoms with Gasteiger partial charge < -0.3 is 9.30 Å². The zero-order valence-corrected chi connectivity index (χ0v) is 19.1. The summed E-state index contributed by atoms with van der Waals surface area (Å²) in [4.78, 5) is 31.4. The molecule has 32 heavy (non-hydrogen) atoms. The molecule has 0 amide bonds. The SMILES string of the molecule is CCCCn1c(-n2nc(C)cc2C)nc2c1c(=O)n(Cc1ccc(OC)cc1)c(=O)n2C. The molecular weight excluding hydrogens is 408 g/mol. The van der Waals surface area contributed by atoms with Crippen LogP contribution in [0.4, 0.5) is 0 Å². The zero-order valence-electron chi connectivity index (χ0n) is 19.1. The van der Waals surface area contributed by atoms with Crippen LogP contribution in [0.5, 0.6) is 5.75 Å². The molecule has 0 bridgehead atoms. The molecule has 4 rings (SSSR count). The molecule has 0 aliphatic rings. The molecule has 0 aliphatic heterocycles. The lowest BCUT2D eigenvalue weighted by molar-refractivity contribution is 0.414. The molecule has 9 heteroatoms. The third-order valence-electron chi connectivity index (χ3n) is 5.65. The Morgan fingerprint density at radius 1 is 1.06 bits per heavy atom. The maximum Gasteiger partial charge on any atom is 0.332 e. The van der Waals surface area contributed by atoms with Gasteiger partial charge in [0, 0.05) is 19.3 Å². The molecule has 0 N–H and O–H groups in total. The molecule has 0 radical (unpaired) electrons. The van der Waals surface area contributed by atoms with Crippen LogP contribution in [0.25, 0.3) is 17.1 Å². The van der Waals surface area contributed by atoms with Crippen LogP contribution in [0.1, 0.15) is 36.7 Å². The number of methoxy groups -OCH3 is 1. The Labute approximate surface area is 185 Å². The van der Waals surface area contributed by atoms with E-state index >= 15 is 0 Å². The first-order valence-electron chi connectivity index (χ1n) is 10.7. The van der Waals surface area contributed by atoms with Crippen molar-refractivity contribution in [3.05, 3.63) is 68.1 Å². The number of nitrogens with zero attached hydrogens (tertiary/aromatic N) is 6. The molecule has 0 saturated heterocycles. The van der Waals surface area contributed by atoms with Gasteiger partial charge in [0.25, 0.3) is 5.56 Å². The molecule has 0 atom stereocenters. The molecule has 0 saturated carbocycles. The summed E-state index contributed by atoms with van der Waals surface area (Å²) in [6.07, 6.45) is 1.83. The number of rotatable bonds is 7. The normalized spacial score (nSPS) is 11.4. The average Bonchev–Trinajstić information content (AvgIpc) is 3.33. The fourth-order valence-electron chi connectivity index (χ4n) is 3.93. The van der Waals surface area contributed by atoms with Crippen molar-refractivity contribution >= 4 is 11.2 Å². The number of aromatic nitrogens is 6. The van der Waals surface area contributed by atoms with Crippen LogP contribution in [-0.2, 0) is 20.1 Å². The van der Waals surface area contributed by atoms with Gasteiger partial charge >= 0.3 is 5.69 Å². The van der Waals surface area contributed by atoms with Gasteiger partial charge in [0.1, 0.15) is 5.75 Å². The van der Waals surface area contributed by atoms with Crippen molar-refractivity contribution < 1.29 is 4.74 Å². The third-order valence-corrected chi connectivity index (χ3v) is 5.65. The van der Waals surface area contributed by atoms with E-state index in [-0.39, 0.29) is 12.1 Å². The number of ether oxygens (including phenoxy) is 1. The molecule has 3 heterocycles.